The van der Waals surface area contributed by atoms with Crippen LogP contribution in [0.1, 0.15) is 0 Å². The molecule has 2 aromatic carbocycles. The maximum atomic E-state index is 13.8. The Hall–Kier alpha value is -2.57. The Morgan fingerprint density at radius 1 is 1.19 bits per heavy atom. The molecule has 6 heteroatoms. The minimum absolute atomic E-state index is 0.111. The second kappa shape index (κ2) is 6.63. The van der Waals surface area contributed by atoms with Crippen LogP contribution in [0.2, 0.25) is 0 Å². The number of hydrogen-bond donors (Lipinski definition) is 0. The topological polar surface area (TPSA) is 38.1 Å². The van der Waals surface area contributed by atoms with Gasteiger partial charge in [0, 0.05) is 24.7 Å². The molecule has 2 aromatic heterocycles. The van der Waals surface area contributed by atoms with E-state index in [0.29, 0.717) is 28.0 Å². The van der Waals surface area contributed by atoms with Crippen molar-refractivity contribution in [2.75, 3.05) is 20.6 Å². The molecule has 0 saturated heterocycles. The van der Waals surface area contributed by atoms with Crippen molar-refractivity contribution in [3.05, 3.63) is 64.7 Å². The number of nitrogens with zero attached hydrogens (tertiary/aromatic N) is 3. The molecular formula is C20H18FN3OS. The summed E-state index contributed by atoms with van der Waals surface area (Å²) >= 11 is 1.50. The number of benzene rings is 2. The molecular weight excluding hydrogens is 349 g/mol. The van der Waals surface area contributed by atoms with Crippen molar-refractivity contribution in [3.8, 4) is 10.6 Å². The van der Waals surface area contributed by atoms with Gasteiger partial charge in [-0.15, -0.1) is 11.3 Å². The van der Waals surface area contributed by atoms with Gasteiger partial charge >= 0.3 is 0 Å². The van der Waals surface area contributed by atoms with Gasteiger partial charge in [0.15, 0.2) is 5.43 Å². The summed E-state index contributed by atoms with van der Waals surface area (Å²) in [7, 11) is 3.97. The number of likely N-dealkylation sites (N-methyl/N-ethyl adjacent to an activating group) is 1. The molecule has 0 aliphatic rings. The van der Waals surface area contributed by atoms with Crippen LogP contribution in [0.25, 0.3) is 31.7 Å². The van der Waals surface area contributed by atoms with Crippen molar-refractivity contribution < 1.29 is 4.39 Å². The number of fused-ring (bicyclic) bond motifs is 2. The molecule has 0 atom stereocenters. The van der Waals surface area contributed by atoms with E-state index in [2.05, 4.69) is 9.88 Å². The molecule has 0 N–H and O–H groups in total. The monoisotopic (exact) mass is 367 g/mol. The first-order chi connectivity index (χ1) is 12.5. The van der Waals surface area contributed by atoms with Crippen LogP contribution < -0.4 is 5.43 Å². The fourth-order valence-corrected chi connectivity index (χ4v) is 3.97. The number of pyridine rings is 1. The lowest BCUT2D eigenvalue weighted by Gasteiger charge is -2.15. The summed E-state index contributed by atoms with van der Waals surface area (Å²) in [5.74, 6) is -0.344. The normalized spacial score (nSPS) is 11.7. The minimum Gasteiger partial charge on any atom is -0.345 e. The van der Waals surface area contributed by atoms with Crippen LogP contribution in [-0.4, -0.2) is 35.1 Å². The number of para-hydroxylation sites is 1. The lowest BCUT2D eigenvalue weighted by atomic mass is 10.1. The maximum Gasteiger partial charge on any atom is 0.199 e. The zero-order chi connectivity index (χ0) is 18.3. The smallest absolute Gasteiger partial charge is 0.199 e. The number of halogens is 1. The van der Waals surface area contributed by atoms with Gasteiger partial charge in [0.25, 0.3) is 0 Å². The van der Waals surface area contributed by atoms with E-state index >= 15 is 0 Å². The standard InChI is InChI=1S/C20H18FN3OS/c1-23(2)9-10-24-12-15(19(25)14-8-7-13(21)11-17(14)24)20-22-16-5-3-4-6-18(16)26-20/h3-8,11-12H,9-10H2,1-2H3. The summed E-state index contributed by atoms with van der Waals surface area (Å²) in [6, 6.07) is 12.2. The fraction of sp³-hybridized carbons (Fsp3) is 0.200. The summed E-state index contributed by atoms with van der Waals surface area (Å²) in [4.78, 5) is 19.7. The van der Waals surface area contributed by atoms with E-state index in [4.69, 9.17) is 0 Å². The average molecular weight is 367 g/mol. The summed E-state index contributed by atoms with van der Waals surface area (Å²) < 4.78 is 16.8. The van der Waals surface area contributed by atoms with Gasteiger partial charge in [-0.2, -0.15) is 0 Å². The molecule has 0 amide bonds. The van der Waals surface area contributed by atoms with E-state index in [1.54, 1.807) is 6.07 Å². The van der Waals surface area contributed by atoms with Crippen LogP contribution in [0.5, 0.6) is 0 Å². The molecule has 0 fully saturated rings. The molecule has 132 valence electrons. The van der Waals surface area contributed by atoms with E-state index in [1.807, 2.05) is 49.1 Å². The Labute approximate surface area is 154 Å². The van der Waals surface area contributed by atoms with Crippen LogP contribution in [-0.2, 0) is 6.54 Å². The zero-order valence-corrected chi connectivity index (χ0v) is 15.4. The lowest BCUT2D eigenvalue weighted by molar-refractivity contribution is 0.386. The maximum absolute atomic E-state index is 13.8. The predicted molar refractivity (Wildman–Crippen MR) is 105 cm³/mol. The zero-order valence-electron chi connectivity index (χ0n) is 14.6. The van der Waals surface area contributed by atoms with Gasteiger partial charge in [0.1, 0.15) is 10.8 Å². The SMILES string of the molecule is CN(C)CCn1cc(-c2nc3ccccc3s2)c(=O)c2ccc(F)cc21. The average Bonchev–Trinajstić information content (AvgIpc) is 3.04. The molecule has 4 rings (SSSR count). The van der Waals surface area contributed by atoms with Gasteiger partial charge in [-0.25, -0.2) is 9.37 Å². The van der Waals surface area contributed by atoms with Crippen molar-refractivity contribution in [3.63, 3.8) is 0 Å². The van der Waals surface area contributed by atoms with Crippen molar-refractivity contribution in [1.82, 2.24) is 14.5 Å². The highest BCUT2D eigenvalue weighted by Crippen LogP contribution is 2.29. The Kier molecular flexibility index (Phi) is 4.30. The van der Waals surface area contributed by atoms with E-state index < -0.39 is 0 Å². The molecule has 0 spiro atoms. The van der Waals surface area contributed by atoms with Crippen molar-refractivity contribution in [2.24, 2.45) is 0 Å². The van der Waals surface area contributed by atoms with Crippen LogP contribution in [0.3, 0.4) is 0 Å². The first kappa shape index (κ1) is 16.9. The molecule has 0 aliphatic carbocycles. The number of hydrogen-bond acceptors (Lipinski definition) is 4. The highest BCUT2D eigenvalue weighted by Gasteiger charge is 2.15. The highest BCUT2D eigenvalue weighted by atomic mass is 32.1. The van der Waals surface area contributed by atoms with Crippen LogP contribution in [0.15, 0.2) is 53.5 Å². The van der Waals surface area contributed by atoms with Gasteiger partial charge < -0.3 is 9.47 Å². The van der Waals surface area contributed by atoms with Crippen LogP contribution >= 0.6 is 11.3 Å². The molecule has 0 aliphatic heterocycles. The highest BCUT2D eigenvalue weighted by molar-refractivity contribution is 7.21. The summed E-state index contributed by atoms with van der Waals surface area (Å²) in [6.45, 7) is 1.44. The minimum atomic E-state index is -0.344. The Morgan fingerprint density at radius 3 is 2.77 bits per heavy atom. The van der Waals surface area contributed by atoms with Gasteiger partial charge in [0.2, 0.25) is 0 Å². The molecule has 0 bridgehead atoms. The largest absolute Gasteiger partial charge is 0.345 e. The van der Waals surface area contributed by atoms with E-state index in [1.165, 1.54) is 23.5 Å². The van der Waals surface area contributed by atoms with Crippen molar-refractivity contribution >= 4 is 32.5 Å². The van der Waals surface area contributed by atoms with Crippen LogP contribution in [0.4, 0.5) is 4.39 Å². The number of aromatic nitrogens is 2. The van der Waals surface area contributed by atoms with Crippen LogP contribution in [0, 0.1) is 5.82 Å². The Morgan fingerprint density at radius 2 is 2.00 bits per heavy atom. The van der Waals surface area contributed by atoms with Gasteiger partial charge in [-0.1, -0.05) is 12.1 Å². The first-order valence-corrected chi connectivity index (χ1v) is 9.18. The summed E-state index contributed by atoms with van der Waals surface area (Å²) in [6.07, 6.45) is 1.81. The molecule has 26 heavy (non-hydrogen) atoms. The van der Waals surface area contributed by atoms with Crippen molar-refractivity contribution in [1.29, 1.82) is 0 Å². The first-order valence-electron chi connectivity index (χ1n) is 8.36. The third-order valence-corrected chi connectivity index (χ3v) is 5.43. The molecule has 0 saturated carbocycles. The molecule has 2 heterocycles. The quantitative estimate of drug-likeness (QED) is 0.548. The third kappa shape index (κ3) is 3.02. The number of rotatable bonds is 4. The molecule has 4 aromatic rings. The van der Waals surface area contributed by atoms with E-state index in [9.17, 15) is 9.18 Å². The molecule has 0 radical (unpaired) electrons. The number of thiazole rings is 1. The predicted octanol–water partition coefficient (Wildman–Crippen LogP) is 3.98. The second-order valence-corrected chi connectivity index (χ2v) is 7.55. The summed E-state index contributed by atoms with van der Waals surface area (Å²) in [5.41, 5.74) is 1.94. The lowest BCUT2D eigenvalue weighted by Crippen LogP contribution is -2.20. The van der Waals surface area contributed by atoms with Gasteiger partial charge in [0.05, 0.1) is 21.3 Å². The third-order valence-electron chi connectivity index (χ3n) is 4.36. The molecule has 4 nitrogen and oxygen atoms in total. The summed E-state index contributed by atoms with van der Waals surface area (Å²) in [5, 5.41) is 1.21. The van der Waals surface area contributed by atoms with E-state index in [-0.39, 0.29) is 11.2 Å². The van der Waals surface area contributed by atoms with Gasteiger partial charge in [-0.05, 0) is 44.4 Å². The Bertz CT molecular complexity index is 1130. The molecule has 0 unspecified atom stereocenters. The fourth-order valence-electron chi connectivity index (χ4n) is 3.00. The van der Waals surface area contributed by atoms with E-state index in [0.717, 1.165) is 16.8 Å². The second-order valence-electron chi connectivity index (χ2n) is 6.52. The Balaban J connectivity index is 1.95. The van der Waals surface area contributed by atoms with Crippen molar-refractivity contribution in [2.45, 2.75) is 6.54 Å². The van der Waals surface area contributed by atoms with Gasteiger partial charge in [-0.3, -0.25) is 4.79 Å².